The average Bonchev–Trinajstić information content (AvgIpc) is 2.32. The lowest BCUT2D eigenvalue weighted by atomic mass is 10.1. The molecule has 7 nitrogen and oxygen atoms in total. The number of carboxylic acid groups (broad SMARTS) is 2. The molecule has 20 heavy (non-hydrogen) atoms. The van der Waals surface area contributed by atoms with Crippen molar-refractivity contribution in [2.75, 3.05) is 5.32 Å². The highest BCUT2D eigenvalue weighted by Gasteiger charge is 2.23. The predicted molar refractivity (Wildman–Crippen MR) is 71.7 cm³/mol. The molecular weight excluding hydrogens is 264 g/mol. The van der Waals surface area contributed by atoms with Gasteiger partial charge in [0, 0.05) is 5.69 Å². The van der Waals surface area contributed by atoms with E-state index in [0.29, 0.717) is 5.69 Å². The average molecular weight is 280 g/mol. The third kappa shape index (κ3) is 4.27. The van der Waals surface area contributed by atoms with E-state index < -0.39 is 30.4 Å². The van der Waals surface area contributed by atoms with E-state index in [1.807, 2.05) is 6.07 Å². The molecule has 0 aliphatic carbocycles. The van der Waals surface area contributed by atoms with Gasteiger partial charge >= 0.3 is 18.0 Å². The zero-order chi connectivity index (χ0) is 15.3. The van der Waals surface area contributed by atoms with Crippen LogP contribution in [0.2, 0.25) is 0 Å². The summed E-state index contributed by atoms with van der Waals surface area (Å²) in [4.78, 5) is 33.1. The number of aliphatic carboxylic acids is 2. The molecule has 0 aromatic heterocycles. The summed E-state index contributed by atoms with van der Waals surface area (Å²) < 4.78 is 0. The number of hydrogen-bond donors (Lipinski definition) is 4. The Morgan fingerprint density at radius 3 is 2.15 bits per heavy atom. The van der Waals surface area contributed by atoms with E-state index in [0.717, 1.165) is 11.1 Å². The highest BCUT2D eigenvalue weighted by atomic mass is 16.4. The van der Waals surface area contributed by atoms with Gasteiger partial charge in [-0.15, -0.1) is 0 Å². The Kier molecular flexibility index (Phi) is 5.08. The number of anilines is 1. The summed E-state index contributed by atoms with van der Waals surface area (Å²) in [6.07, 6.45) is -0.685. The van der Waals surface area contributed by atoms with Crippen LogP contribution >= 0.6 is 0 Å². The van der Waals surface area contributed by atoms with E-state index in [1.54, 1.807) is 26.0 Å². The zero-order valence-corrected chi connectivity index (χ0v) is 11.1. The second-order valence-corrected chi connectivity index (χ2v) is 4.35. The van der Waals surface area contributed by atoms with Crippen LogP contribution in [0.1, 0.15) is 17.5 Å². The van der Waals surface area contributed by atoms with Gasteiger partial charge in [-0.1, -0.05) is 18.2 Å². The minimum atomic E-state index is -1.48. The van der Waals surface area contributed by atoms with E-state index in [2.05, 4.69) is 10.6 Å². The summed E-state index contributed by atoms with van der Waals surface area (Å²) in [5, 5.41) is 22.1. The van der Waals surface area contributed by atoms with Gasteiger partial charge in [0.25, 0.3) is 0 Å². The van der Waals surface area contributed by atoms with Gasteiger partial charge in [-0.05, 0) is 25.0 Å². The third-order valence-corrected chi connectivity index (χ3v) is 2.70. The topological polar surface area (TPSA) is 116 Å². The molecule has 1 rings (SSSR count). The highest BCUT2D eigenvalue weighted by Crippen LogP contribution is 2.19. The maximum absolute atomic E-state index is 11.7. The largest absolute Gasteiger partial charge is 0.481 e. The molecule has 1 unspecified atom stereocenters. The van der Waals surface area contributed by atoms with E-state index in [9.17, 15) is 14.4 Å². The monoisotopic (exact) mass is 280 g/mol. The highest BCUT2D eigenvalue weighted by molar-refractivity contribution is 5.94. The molecule has 0 bridgehead atoms. The lowest BCUT2D eigenvalue weighted by Crippen LogP contribution is -2.44. The van der Waals surface area contributed by atoms with Crippen LogP contribution in [-0.2, 0) is 9.59 Å². The maximum atomic E-state index is 11.7. The van der Waals surface area contributed by atoms with Crippen LogP contribution in [0.25, 0.3) is 0 Å². The van der Waals surface area contributed by atoms with E-state index in [1.165, 1.54) is 0 Å². The first kappa shape index (κ1) is 15.5. The van der Waals surface area contributed by atoms with E-state index >= 15 is 0 Å². The summed E-state index contributed by atoms with van der Waals surface area (Å²) in [6.45, 7) is 3.60. The van der Waals surface area contributed by atoms with Crippen LogP contribution in [0.5, 0.6) is 0 Å². The Labute approximate surface area is 115 Å². The number of para-hydroxylation sites is 1. The molecule has 0 saturated heterocycles. The molecule has 0 heterocycles. The fraction of sp³-hybridized carbons (Fsp3) is 0.308. The molecular formula is C13H16N2O5. The van der Waals surface area contributed by atoms with Gasteiger partial charge in [-0.2, -0.15) is 0 Å². The van der Waals surface area contributed by atoms with Crippen LogP contribution in [0.4, 0.5) is 10.5 Å². The van der Waals surface area contributed by atoms with Gasteiger partial charge < -0.3 is 20.8 Å². The number of benzene rings is 1. The van der Waals surface area contributed by atoms with Crippen LogP contribution in [-0.4, -0.2) is 34.2 Å². The second kappa shape index (κ2) is 6.55. The molecule has 2 amide bonds. The van der Waals surface area contributed by atoms with Gasteiger partial charge in [-0.25, -0.2) is 9.59 Å². The Morgan fingerprint density at radius 1 is 1.15 bits per heavy atom. The summed E-state index contributed by atoms with van der Waals surface area (Å²) in [6, 6.07) is 3.20. The molecule has 108 valence electrons. The smallest absolute Gasteiger partial charge is 0.326 e. The van der Waals surface area contributed by atoms with Crippen molar-refractivity contribution in [2.45, 2.75) is 26.3 Å². The summed E-state index contributed by atoms with van der Waals surface area (Å²) >= 11 is 0. The quantitative estimate of drug-likeness (QED) is 0.649. The van der Waals surface area contributed by atoms with Gasteiger partial charge in [-0.3, -0.25) is 4.79 Å². The van der Waals surface area contributed by atoms with Crippen molar-refractivity contribution >= 4 is 23.7 Å². The van der Waals surface area contributed by atoms with Crippen molar-refractivity contribution in [1.82, 2.24) is 5.32 Å². The number of urea groups is 1. The van der Waals surface area contributed by atoms with Gasteiger partial charge in [0.15, 0.2) is 0 Å². The third-order valence-electron chi connectivity index (χ3n) is 2.70. The number of hydrogen-bond acceptors (Lipinski definition) is 3. The van der Waals surface area contributed by atoms with Crippen molar-refractivity contribution in [3.8, 4) is 0 Å². The Morgan fingerprint density at radius 2 is 1.70 bits per heavy atom. The molecule has 7 heteroatoms. The number of nitrogens with one attached hydrogen (secondary N) is 2. The lowest BCUT2D eigenvalue weighted by molar-refractivity contribution is -0.145. The first-order valence-electron chi connectivity index (χ1n) is 5.89. The Hall–Kier alpha value is -2.57. The van der Waals surface area contributed by atoms with Crippen molar-refractivity contribution in [3.05, 3.63) is 29.3 Å². The molecule has 4 N–H and O–H groups in total. The van der Waals surface area contributed by atoms with Crippen molar-refractivity contribution in [1.29, 1.82) is 0 Å². The molecule has 1 atom stereocenters. The Bertz CT molecular complexity index is 521. The van der Waals surface area contributed by atoms with Crippen LogP contribution in [0, 0.1) is 13.8 Å². The molecule has 0 saturated carbocycles. The van der Waals surface area contributed by atoms with Gasteiger partial charge in [0.1, 0.15) is 6.04 Å². The van der Waals surface area contributed by atoms with Crippen molar-refractivity contribution < 1.29 is 24.6 Å². The van der Waals surface area contributed by atoms with Crippen LogP contribution in [0.15, 0.2) is 18.2 Å². The molecule has 0 fully saturated rings. The maximum Gasteiger partial charge on any atom is 0.326 e. The molecule has 1 aromatic rings. The zero-order valence-electron chi connectivity index (χ0n) is 11.1. The second-order valence-electron chi connectivity index (χ2n) is 4.35. The molecule has 0 radical (unpaired) electrons. The standard InChI is InChI=1S/C13H16N2O5/c1-7-4-3-5-8(2)11(7)15-13(20)14-9(12(18)19)6-10(16)17/h3-5,9H,6H2,1-2H3,(H,16,17)(H,18,19)(H2,14,15,20). The molecule has 0 spiro atoms. The minimum absolute atomic E-state index is 0.574. The Balaban J connectivity index is 2.76. The van der Waals surface area contributed by atoms with E-state index in [-0.39, 0.29) is 0 Å². The number of aryl methyl sites for hydroxylation is 2. The summed E-state index contributed by atoms with van der Waals surface area (Å²) in [5.41, 5.74) is 2.22. The minimum Gasteiger partial charge on any atom is -0.481 e. The fourth-order valence-electron chi connectivity index (χ4n) is 1.69. The van der Waals surface area contributed by atoms with E-state index in [4.69, 9.17) is 10.2 Å². The molecule has 0 aliphatic heterocycles. The SMILES string of the molecule is Cc1cccc(C)c1NC(=O)NC(CC(=O)O)C(=O)O. The first-order valence-corrected chi connectivity index (χ1v) is 5.89. The van der Waals surface area contributed by atoms with Crippen LogP contribution < -0.4 is 10.6 Å². The number of rotatable bonds is 5. The van der Waals surface area contributed by atoms with Crippen LogP contribution in [0.3, 0.4) is 0 Å². The lowest BCUT2D eigenvalue weighted by Gasteiger charge is -2.15. The molecule has 1 aromatic carbocycles. The summed E-state index contributed by atoms with van der Waals surface area (Å²) in [5.74, 6) is -2.70. The van der Waals surface area contributed by atoms with Gasteiger partial charge in [0.2, 0.25) is 0 Å². The number of carbonyl (C=O) groups excluding carboxylic acids is 1. The van der Waals surface area contributed by atoms with Crippen molar-refractivity contribution in [3.63, 3.8) is 0 Å². The van der Waals surface area contributed by atoms with Crippen molar-refractivity contribution in [2.24, 2.45) is 0 Å². The predicted octanol–water partition coefficient (Wildman–Crippen LogP) is 1.35. The number of carboxylic acids is 2. The first-order chi connectivity index (χ1) is 9.31. The van der Waals surface area contributed by atoms with Gasteiger partial charge in [0.05, 0.1) is 6.42 Å². The molecule has 0 aliphatic rings. The fourth-order valence-corrected chi connectivity index (χ4v) is 1.69. The number of amides is 2. The normalized spacial score (nSPS) is 11.5. The summed E-state index contributed by atoms with van der Waals surface area (Å²) in [7, 11) is 0. The number of carbonyl (C=O) groups is 3.